The molecule has 0 aliphatic carbocycles. The third-order valence-corrected chi connectivity index (χ3v) is 4.82. The van der Waals surface area contributed by atoms with E-state index in [0.29, 0.717) is 13.1 Å². The van der Waals surface area contributed by atoms with Crippen LogP contribution in [0.15, 0.2) is 29.6 Å². The van der Waals surface area contributed by atoms with Crippen molar-refractivity contribution in [3.8, 4) is 0 Å². The molecule has 9 heteroatoms. The third-order valence-electron chi connectivity index (χ3n) is 4.82. The van der Waals surface area contributed by atoms with E-state index in [0.717, 1.165) is 42.2 Å². The largest absolute Gasteiger partial charge is 0.357 e. The van der Waals surface area contributed by atoms with Crippen LogP contribution in [0.25, 0.3) is 0 Å². The maximum absolute atomic E-state index is 4.63. The fraction of sp³-hybridized carbons (Fsp3) is 0.556. The Kier molecular flexibility index (Phi) is 8.26. The van der Waals surface area contributed by atoms with Crippen molar-refractivity contribution in [1.29, 1.82) is 0 Å². The summed E-state index contributed by atoms with van der Waals surface area (Å²) in [6, 6.07) is 4.24. The lowest BCUT2D eigenvalue weighted by Crippen LogP contribution is -2.37. The van der Waals surface area contributed by atoms with Crippen molar-refractivity contribution in [2.45, 2.75) is 32.9 Å². The molecule has 0 amide bonds. The van der Waals surface area contributed by atoms with Crippen LogP contribution in [-0.2, 0) is 20.1 Å². The highest BCUT2D eigenvalue weighted by Crippen LogP contribution is 2.21. The minimum absolute atomic E-state index is 0. The van der Waals surface area contributed by atoms with E-state index in [-0.39, 0.29) is 24.0 Å². The molecule has 8 nitrogen and oxygen atoms in total. The Hall–Kier alpha value is -1.91. The average Bonchev–Trinajstić information content (AvgIpc) is 3.08. The standard InChI is InChI=1S/C18H28N8.HI/c1-14-6-8-26(9-7-14)16-5-4-15(10-20-16)11-21-18(19-2)22-12-17-23-13-24-25(17)3;/h4-5,10,13-14H,6-9,11-12H2,1-3H3,(H2,19,21,22);1H. The molecule has 0 atom stereocenters. The number of anilines is 1. The average molecular weight is 484 g/mol. The Balaban J connectivity index is 0.00000261. The molecule has 2 aromatic rings. The number of guanidine groups is 1. The predicted octanol–water partition coefficient (Wildman–Crippen LogP) is 1.93. The molecule has 0 spiro atoms. The summed E-state index contributed by atoms with van der Waals surface area (Å²) in [5.41, 5.74) is 1.13. The van der Waals surface area contributed by atoms with Gasteiger partial charge in [-0.2, -0.15) is 5.10 Å². The van der Waals surface area contributed by atoms with E-state index in [1.165, 1.54) is 12.8 Å². The van der Waals surface area contributed by atoms with Gasteiger partial charge in [0.15, 0.2) is 5.96 Å². The van der Waals surface area contributed by atoms with Crippen molar-refractivity contribution in [1.82, 2.24) is 30.4 Å². The van der Waals surface area contributed by atoms with Crippen molar-refractivity contribution in [3.63, 3.8) is 0 Å². The highest BCUT2D eigenvalue weighted by Gasteiger charge is 2.16. The Bertz CT molecular complexity index is 719. The summed E-state index contributed by atoms with van der Waals surface area (Å²) < 4.78 is 1.74. The molecular weight excluding hydrogens is 455 g/mol. The van der Waals surface area contributed by atoms with Gasteiger partial charge in [-0.15, -0.1) is 24.0 Å². The number of pyridine rings is 1. The molecule has 0 radical (unpaired) electrons. The van der Waals surface area contributed by atoms with E-state index in [9.17, 15) is 0 Å². The van der Waals surface area contributed by atoms with Gasteiger partial charge in [-0.3, -0.25) is 9.67 Å². The van der Waals surface area contributed by atoms with E-state index in [1.807, 2.05) is 13.2 Å². The number of aromatic nitrogens is 4. The summed E-state index contributed by atoms with van der Waals surface area (Å²) in [4.78, 5) is 15.4. The highest BCUT2D eigenvalue weighted by atomic mass is 127. The molecule has 3 rings (SSSR count). The van der Waals surface area contributed by atoms with Gasteiger partial charge in [0, 0.05) is 39.9 Å². The van der Waals surface area contributed by atoms with Gasteiger partial charge < -0.3 is 15.5 Å². The molecule has 0 unspecified atom stereocenters. The lowest BCUT2D eigenvalue weighted by molar-refractivity contribution is 0.436. The van der Waals surface area contributed by atoms with Crippen molar-refractivity contribution in [2.24, 2.45) is 18.0 Å². The van der Waals surface area contributed by atoms with Crippen LogP contribution >= 0.6 is 24.0 Å². The fourth-order valence-corrected chi connectivity index (χ4v) is 3.00. The van der Waals surface area contributed by atoms with Crippen molar-refractivity contribution in [3.05, 3.63) is 36.0 Å². The van der Waals surface area contributed by atoms with Gasteiger partial charge in [0.05, 0.1) is 6.54 Å². The molecule has 1 aliphatic rings. The van der Waals surface area contributed by atoms with Gasteiger partial charge in [0.1, 0.15) is 18.0 Å². The SMILES string of the molecule is CN=C(NCc1ccc(N2CCC(C)CC2)nc1)NCc1ncnn1C.I. The first-order valence-electron chi connectivity index (χ1n) is 9.13. The molecule has 2 aromatic heterocycles. The number of nitrogens with zero attached hydrogens (tertiary/aromatic N) is 6. The van der Waals surface area contributed by atoms with Gasteiger partial charge in [0.2, 0.25) is 0 Å². The van der Waals surface area contributed by atoms with Crippen LogP contribution in [0, 0.1) is 5.92 Å². The summed E-state index contributed by atoms with van der Waals surface area (Å²) in [5.74, 6) is 3.48. The zero-order valence-electron chi connectivity index (χ0n) is 16.2. The summed E-state index contributed by atoms with van der Waals surface area (Å²) in [6.07, 6.45) is 5.98. The minimum Gasteiger partial charge on any atom is -0.357 e. The molecule has 1 fully saturated rings. The van der Waals surface area contributed by atoms with Crippen LogP contribution in [0.2, 0.25) is 0 Å². The number of aliphatic imine (C=N–C) groups is 1. The molecule has 1 saturated heterocycles. The van der Waals surface area contributed by atoms with E-state index in [4.69, 9.17) is 0 Å². The van der Waals surface area contributed by atoms with Gasteiger partial charge >= 0.3 is 0 Å². The fourth-order valence-electron chi connectivity index (χ4n) is 3.00. The Labute approximate surface area is 177 Å². The van der Waals surface area contributed by atoms with Gasteiger partial charge in [-0.1, -0.05) is 13.0 Å². The molecule has 0 saturated carbocycles. The Morgan fingerprint density at radius 2 is 1.93 bits per heavy atom. The molecule has 3 heterocycles. The second kappa shape index (κ2) is 10.4. The number of hydrogen-bond donors (Lipinski definition) is 2. The normalized spacial score (nSPS) is 15.4. The van der Waals surface area contributed by atoms with E-state index in [2.05, 4.69) is 54.6 Å². The first-order valence-corrected chi connectivity index (χ1v) is 9.13. The van der Waals surface area contributed by atoms with Gasteiger partial charge in [-0.25, -0.2) is 9.97 Å². The quantitative estimate of drug-likeness (QED) is 0.384. The number of aryl methyl sites for hydroxylation is 1. The number of piperidine rings is 1. The summed E-state index contributed by atoms with van der Waals surface area (Å²) >= 11 is 0. The second-order valence-corrected chi connectivity index (χ2v) is 6.77. The van der Waals surface area contributed by atoms with Crippen LogP contribution in [0.1, 0.15) is 31.2 Å². The molecular formula is C18H29IN8. The molecule has 27 heavy (non-hydrogen) atoms. The van der Waals surface area contributed by atoms with Crippen molar-refractivity contribution < 1.29 is 0 Å². The van der Waals surface area contributed by atoms with Gasteiger partial charge in [0.25, 0.3) is 0 Å². The topological polar surface area (TPSA) is 83.3 Å². The lowest BCUT2D eigenvalue weighted by Gasteiger charge is -2.31. The van der Waals surface area contributed by atoms with Gasteiger partial charge in [-0.05, 0) is 30.4 Å². The Morgan fingerprint density at radius 1 is 1.19 bits per heavy atom. The number of hydrogen-bond acceptors (Lipinski definition) is 5. The smallest absolute Gasteiger partial charge is 0.191 e. The number of nitrogens with one attached hydrogen (secondary N) is 2. The zero-order chi connectivity index (χ0) is 18.4. The third kappa shape index (κ3) is 6.05. The van der Waals surface area contributed by atoms with E-state index >= 15 is 0 Å². The van der Waals surface area contributed by atoms with Crippen LogP contribution in [0.3, 0.4) is 0 Å². The lowest BCUT2D eigenvalue weighted by atomic mass is 9.99. The van der Waals surface area contributed by atoms with Crippen LogP contribution in [0.5, 0.6) is 0 Å². The second-order valence-electron chi connectivity index (χ2n) is 6.77. The molecule has 0 bridgehead atoms. The maximum Gasteiger partial charge on any atom is 0.191 e. The monoisotopic (exact) mass is 484 g/mol. The molecule has 0 aromatic carbocycles. The van der Waals surface area contributed by atoms with E-state index in [1.54, 1.807) is 18.1 Å². The Morgan fingerprint density at radius 3 is 2.52 bits per heavy atom. The minimum atomic E-state index is 0. The summed E-state index contributed by atoms with van der Waals surface area (Å²) in [5, 5.41) is 10.6. The van der Waals surface area contributed by atoms with E-state index < -0.39 is 0 Å². The van der Waals surface area contributed by atoms with Crippen molar-refractivity contribution in [2.75, 3.05) is 25.0 Å². The summed E-state index contributed by atoms with van der Waals surface area (Å²) in [7, 11) is 3.63. The summed E-state index contributed by atoms with van der Waals surface area (Å²) in [6.45, 7) is 5.77. The van der Waals surface area contributed by atoms with Crippen LogP contribution in [0.4, 0.5) is 5.82 Å². The highest BCUT2D eigenvalue weighted by molar-refractivity contribution is 14.0. The predicted molar refractivity (Wildman–Crippen MR) is 118 cm³/mol. The first-order chi connectivity index (χ1) is 12.7. The number of halogens is 1. The first kappa shape index (κ1) is 21.4. The maximum atomic E-state index is 4.63. The van der Waals surface area contributed by atoms with Crippen molar-refractivity contribution >= 4 is 35.8 Å². The molecule has 1 aliphatic heterocycles. The number of rotatable bonds is 5. The van der Waals surface area contributed by atoms with Crippen LogP contribution < -0.4 is 15.5 Å². The molecule has 148 valence electrons. The molecule has 2 N–H and O–H groups in total. The van der Waals surface area contributed by atoms with Crippen LogP contribution in [-0.4, -0.2) is 45.8 Å². The zero-order valence-corrected chi connectivity index (χ0v) is 18.6.